The van der Waals surface area contributed by atoms with E-state index < -0.39 is 60.2 Å². The molecular formula is C22H34N6O7S. The molecule has 4 atom stereocenters. The monoisotopic (exact) mass is 526 g/mol. The fourth-order valence-corrected chi connectivity index (χ4v) is 3.31. The molecule has 36 heavy (non-hydrogen) atoms. The van der Waals surface area contributed by atoms with Gasteiger partial charge in [0.15, 0.2) is 0 Å². The van der Waals surface area contributed by atoms with Crippen LogP contribution >= 0.6 is 12.6 Å². The first-order valence-corrected chi connectivity index (χ1v) is 11.9. The number of carbonyl (C=O) groups is 5. The molecule has 0 aliphatic carbocycles. The van der Waals surface area contributed by atoms with Crippen molar-refractivity contribution < 1.29 is 34.2 Å². The summed E-state index contributed by atoms with van der Waals surface area (Å²) < 4.78 is 0. The molecular weight excluding hydrogens is 492 g/mol. The maximum Gasteiger partial charge on any atom is 0.326 e. The van der Waals surface area contributed by atoms with Gasteiger partial charge in [0, 0.05) is 12.2 Å². The molecule has 4 unspecified atom stereocenters. The van der Waals surface area contributed by atoms with E-state index in [-0.39, 0.29) is 24.3 Å². The SMILES string of the molecule is NCCCCC(NC(=O)C(CC(N)=O)NC(=O)C(Cc1ccc(O)cc1)NC(=O)C(N)CS)C(=O)O. The van der Waals surface area contributed by atoms with Crippen molar-refractivity contribution >= 4 is 42.2 Å². The number of phenolic OH excluding ortho intramolecular Hbond substituents is 1. The molecule has 0 aromatic heterocycles. The van der Waals surface area contributed by atoms with Crippen LogP contribution in [0.1, 0.15) is 31.2 Å². The summed E-state index contributed by atoms with van der Waals surface area (Å²) >= 11 is 3.96. The molecule has 0 fully saturated rings. The van der Waals surface area contributed by atoms with Crippen molar-refractivity contribution in [1.82, 2.24) is 16.0 Å². The number of aliphatic carboxylic acids is 1. The van der Waals surface area contributed by atoms with Crippen LogP contribution < -0.4 is 33.2 Å². The highest BCUT2D eigenvalue weighted by atomic mass is 32.1. The average Bonchev–Trinajstić information content (AvgIpc) is 2.82. The number of nitrogens with one attached hydrogen (secondary N) is 3. The number of hydrogen-bond acceptors (Lipinski definition) is 9. The van der Waals surface area contributed by atoms with Gasteiger partial charge < -0.3 is 43.4 Å². The highest BCUT2D eigenvalue weighted by Gasteiger charge is 2.31. The van der Waals surface area contributed by atoms with Gasteiger partial charge in [-0.1, -0.05) is 12.1 Å². The highest BCUT2D eigenvalue weighted by molar-refractivity contribution is 7.80. The van der Waals surface area contributed by atoms with E-state index in [1.807, 2.05) is 0 Å². The number of aromatic hydroxyl groups is 1. The Bertz CT molecular complexity index is 915. The predicted octanol–water partition coefficient (Wildman–Crippen LogP) is -2.26. The van der Waals surface area contributed by atoms with Gasteiger partial charge in [0.2, 0.25) is 23.6 Å². The zero-order valence-electron chi connectivity index (χ0n) is 19.7. The molecule has 1 aromatic rings. The minimum absolute atomic E-state index is 0.00137. The number of phenols is 1. The van der Waals surface area contributed by atoms with Crippen molar-refractivity contribution in [1.29, 1.82) is 0 Å². The van der Waals surface area contributed by atoms with Crippen molar-refractivity contribution in [3.63, 3.8) is 0 Å². The molecule has 0 radical (unpaired) electrons. The fourth-order valence-electron chi connectivity index (χ4n) is 3.14. The summed E-state index contributed by atoms with van der Waals surface area (Å²) in [5.41, 5.74) is 16.9. The van der Waals surface area contributed by atoms with Crippen molar-refractivity contribution in [3.8, 4) is 5.75 Å². The summed E-state index contributed by atoms with van der Waals surface area (Å²) in [6.45, 7) is 0.353. The van der Waals surface area contributed by atoms with Gasteiger partial charge >= 0.3 is 5.97 Å². The van der Waals surface area contributed by atoms with Crippen LogP contribution in [0.3, 0.4) is 0 Å². The van der Waals surface area contributed by atoms with Crippen LogP contribution in [-0.2, 0) is 30.4 Å². The standard InChI is InChI=1S/C22H34N6O7S/c23-8-2-1-3-15(22(34)35)26-21(33)17(10-18(25)30)28-20(32)16(27-19(31)14(24)11-36)9-12-4-6-13(29)7-5-12/h4-7,14-17,29,36H,1-3,8-11,23-24H2,(H2,25,30)(H,26,33)(H,27,31)(H,28,32)(H,34,35). The maximum atomic E-state index is 13.1. The van der Waals surface area contributed by atoms with E-state index >= 15 is 0 Å². The first-order chi connectivity index (χ1) is 17.0. The van der Waals surface area contributed by atoms with Gasteiger partial charge in [-0.2, -0.15) is 12.6 Å². The van der Waals surface area contributed by atoms with Crippen molar-refractivity contribution in [2.24, 2.45) is 17.2 Å². The summed E-state index contributed by atoms with van der Waals surface area (Å²) in [5, 5.41) is 26.0. The molecule has 0 bridgehead atoms. The number of hydrogen-bond donors (Lipinski definition) is 9. The smallest absolute Gasteiger partial charge is 0.326 e. The molecule has 1 aromatic carbocycles. The van der Waals surface area contributed by atoms with Gasteiger partial charge in [-0.15, -0.1) is 0 Å². The van der Waals surface area contributed by atoms with Gasteiger partial charge in [-0.3, -0.25) is 19.2 Å². The van der Waals surface area contributed by atoms with E-state index in [1.54, 1.807) is 0 Å². The molecule has 11 N–H and O–H groups in total. The number of nitrogens with two attached hydrogens (primary N) is 3. The van der Waals surface area contributed by atoms with Gasteiger partial charge in [0.05, 0.1) is 12.5 Å². The van der Waals surface area contributed by atoms with Crippen LogP contribution in [0.25, 0.3) is 0 Å². The van der Waals surface area contributed by atoms with E-state index in [0.29, 0.717) is 24.9 Å². The lowest BCUT2D eigenvalue weighted by Gasteiger charge is -2.24. The third kappa shape index (κ3) is 10.9. The number of carbonyl (C=O) groups excluding carboxylic acids is 4. The van der Waals surface area contributed by atoms with E-state index in [2.05, 4.69) is 28.6 Å². The molecule has 200 valence electrons. The summed E-state index contributed by atoms with van der Waals surface area (Å²) in [6.07, 6.45) is 0.430. The lowest BCUT2D eigenvalue weighted by molar-refractivity contribution is -0.142. The number of benzene rings is 1. The third-order valence-corrected chi connectivity index (χ3v) is 5.54. The van der Waals surface area contributed by atoms with Crippen LogP contribution in [0.15, 0.2) is 24.3 Å². The van der Waals surface area contributed by atoms with Crippen LogP contribution in [0.2, 0.25) is 0 Å². The minimum Gasteiger partial charge on any atom is -0.508 e. The summed E-state index contributed by atoms with van der Waals surface area (Å²) in [7, 11) is 0. The third-order valence-electron chi connectivity index (χ3n) is 5.14. The van der Waals surface area contributed by atoms with E-state index in [9.17, 15) is 34.2 Å². The molecule has 13 nitrogen and oxygen atoms in total. The fraction of sp³-hybridized carbons (Fsp3) is 0.500. The first kappa shape index (κ1) is 30.7. The Labute approximate surface area is 213 Å². The molecule has 14 heteroatoms. The van der Waals surface area contributed by atoms with Crippen molar-refractivity contribution in [2.45, 2.75) is 56.3 Å². The zero-order valence-corrected chi connectivity index (χ0v) is 20.6. The lowest BCUT2D eigenvalue weighted by Crippen LogP contribution is -2.58. The second-order valence-corrected chi connectivity index (χ2v) is 8.50. The Morgan fingerprint density at radius 2 is 1.44 bits per heavy atom. The second kappa shape index (κ2) is 15.6. The Balaban J connectivity index is 3.08. The van der Waals surface area contributed by atoms with Crippen LogP contribution in [0, 0.1) is 0 Å². The summed E-state index contributed by atoms with van der Waals surface area (Å²) in [4.78, 5) is 61.3. The normalized spacial score (nSPS) is 14.1. The van der Waals surface area contributed by atoms with E-state index in [0.717, 1.165) is 0 Å². The van der Waals surface area contributed by atoms with Gasteiger partial charge in [0.1, 0.15) is 23.9 Å². The van der Waals surface area contributed by atoms with Crippen LogP contribution in [0.5, 0.6) is 5.75 Å². The predicted molar refractivity (Wildman–Crippen MR) is 134 cm³/mol. The number of rotatable bonds is 16. The molecule has 0 spiro atoms. The number of carboxylic acids is 1. The van der Waals surface area contributed by atoms with Gasteiger partial charge in [-0.05, 0) is 43.5 Å². The first-order valence-electron chi connectivity index (χ1n) is 11.2. The number of carboxylic acid groups (broad SMARTS) is 1. The molecule has 4 amide bonds. The second-order valence-electron chi connectivity index (χ2n) is 8.14. The molecule has 0 saturated carbocycles. The van der Waals surface area contributed by atoms with E-state index in [1.165, 1.54) is 24.3 Å². The number of amides is 4. The Morgan fingerprint density at radius 3 is 1.97 bits per heavy atom. The molecule has 0 aliphatic heterocycles. The maximum absolute atomic E-state index is 13.1. The summed E-state index contributed by atoms with van der Waals surface area (Å²) in [6, 6.07) is 0.853. The average molecular weight is 527 g/mol. The number of primary amides is 1. The van der Waals surface area contributed by atoms with Crippen LogP contribution in [-0.4, -0.2) is 76.3 Å². The number of unbranched alkanes of at least 4 members (excludes halogenated alkanes) is 1. The lowest BCUT2D eigenvalue weighted by atomic mass is 10.0. The van der Waals surface area contributed by atoms with Crippen molar-refractivity contribution in [2.75, 3.05) is 12.3 Å². The Hall–Kier alpha value is -3.36. The highest BCUT2D eigenvalue weighted by Crippen LogP contribution is 2.12. The molecule has 1 rings (SSSR count). The Morgan fingerprint density at radius 1 is 0.889 bits per heavy atom. The van der Waals surface area contributed by atoms with E-state index in [4.69, 9.17) is 17.2 Å². The molecule has 0 saturated heterocycles. The molecule has 0 aliphatic rings. The topological polar surface area (TPSA) is 240 Å². The van der Waals surface area contributed by atoms with Crippen LogP contribution in [0.4, 0.5) is 0 Å². The molecule has 0 heterocycles. The summed E-state index contributed by atoms with van der Waals surface area (Å²) in [5.74, 6) is -4.64. The number of thiol groups is 1. The minimum atomic E-state index is -1.50. The zero-order chi connectivity index (χ0) is 27.3. The van der Waals surface area contributed by atoms with Gasteiger partial charge in [0.25, 0.3) is 0 Å². The Kier molecular flexibility index (Phi) is 13.3. The van der Waals surface area contributed by atoms with Crippen molar-refractivity contribution in [3.05, 3.63) is 29.8 Å². The largest absolute Gasteiger partial charge is 0.508 e. The van der Waals surface area contributed by atoms with Gasteiger partial charge in [-0.25, -0.2) is 4.79 Å². The quantitative estimate of drug-likeness (QED) is 0.0832.